The third kappa shape index (κ3) is 1.98. The summed E-state index contributed by atoms with van der Waals surface area (Å²) in [6.07, 6.45) is -3.78. The first-order chi connectivity index (χ1) is 6.11. The van der Waals surface area contributed by atoms with Crippen molar-refractivity contribution in [3.8, 4) is 0 Å². The zero-order chi connectivity index (χ0) is 10.0. The Hall–Kier alpha value is -0.240. The van der Waals surface area contributed by atoms with Crippen molar-refractivity contribution in [2.75, 3.05) is 13.7 Å². The first-order valence-electron chi connectivity index (χ1n) is 4.02. The van der Waals surface area contributed by atoms with Crippen LogP contribution in [-0.2, 0) is 9.47 Å². The third-order valence-electron chi connectivity index (χ3n) is 2.14. The number of nitrogens with two attached hydrogens (primary N) is 1. The summed E-state index contributed by atoms with van der Waals surface area (Å²) in [6, 6.07) is -0.698. The van der Waals surface area contributed by atoms with Gasteiger partial charge in [0, 0.05) is 7.11 Å². The summed E-state index contributed by atoms with van der Waals surface area (Å²) < 4.78 is 9.90. The molecular weight excluding hydrogens is 178 g/mol. The molecule has 0 saturated carbocycles. The van der Waals surface area contributed by atoms with Crippen LogP contribution in [-0.4, -0.2) is 59.7 Å². The molecule has 6 heteroatoms. The van der Waals surface area contributed by atoms with E-state index in [9.17, 15) is 10.2 Å². The maximum Gasteiger partial charge on any atom is 0.175 e. The van der Waals surface area contributed by atoms with E-state index < -0.39 is 37.3 Å². The van der Waals surface area contributed by atoms with E-state index in [4.69, 9.17) is 20.3 Å². The van der Waals surface area contributed by atoms with Gasteiger partial charge in [0.15, 0.2) is 6.29 Å². The van der Waals surface area contributed by atoms with Gasteiger partial charge < -0.3 is 30.5 Å². The van der Waals surface area contributed by atoms with E-state index in [1.807, 2.05) is 0 Å². The van der Waals surface area contributed by atoms with Crippen LogP contribution in [0, 0.1) is 0 Å². The molecule has 0 unspecified atom stereocenters. The molecule has 1 aliphatic heterocycles. The van der Waals surface area contributed by atoms with Gasteiger partial charge in [0.1, 0.15) is 18.3 Å². The fourth-order valence-corrected chi connectivity index (χ4v) is 1.34. The van der Waals surface area contributed by atoms with Crippen molar-refractivity contribution >= 4 is 0 Å². The van der Waals surface area contributed by atoms with Crippen molar-refractivity contribution in [1.82, 2.24) is 0 Å². The molecule has 0 aromatic heterocycles. The number of rotatable bonds is 3. The van der Waals surface area contributed by atoms with Crippen molar-refractivity contribution in [3.05, 3.63) is 0 Å². The first-order valence-corrected chi connectivity index (χ1v) is 4.02. The Morgan fingerprint density at radius 1 is 1.62 bits per heavy atom. The van der Waals surface area contributed by atoms with E-state index in [1.54, 1.807) is 0 Å². The van der Waals surface area contributed by atoms with Crippen LogP contribution in [0.2, 0.25) is 0 Å². The number of methoxy groups -OCH3 is 1. The van der Waals surface area contributed by atoms with Crippen LogP contribution in [0.3, 0.4) is 0 Å². The van der Waals surface area contributed by atoms with Crippen molar-refractivity contribution in [3.63, 3.8) is 0 Å². The molecule has 1 aliphatic rings. The molecule has 0 aromatic carbocycles. The van der Waals surface area contributed by atoms with E-state index in [-0.39, 0.29) is 0 Å². The molecule has 1 fully saturated rings. The van der Waals surface area contributed by atoms with Gasteiger partial charge in [-0.25, -0.2) is 0 Å². The van der Waals surface area contributed by atoms with Crippen molar-refractivity contribution in [2.45, 2.75) is 30.6 Å². The molecule has 1 saturated heterocycles. The number of hydrogen-bond acceptors (Lipinski definition) is 6. The second-order valence-corrected chi connectivity index (χ2v) is 3.02. The lowest BCUT2D eigenvalue weighted by molar-refractivity contribution is -0.152. The Bertz CT molecular complexity index is 167. The molecule has 0 spiro atoms. The van der Waals surface area contributed by atoms with Crippen LogP contribution < -0.4 is 5.73 Å². The SMILES string of the molecule is CO[C@@H]1O[C@H]([C@H](O)CO)[C@H](O)[C@@H]1N. The normalized spacial score (nSPS) is 42.2. The predicted octanol–water partition coefficient (Wildman–Crippen LogP) is -2.60. The van der Waals surface area contributed by atoms with E-state index in [0.29, 0.717) is 0 Å². The van der Waals surface area contributed by atoms with Crippen LogP contribution >= 0.6 is 0 Å². The monoisotopic (exact) mass is 193 g/mol. The molecule has 13 heavy (non-hydrogen) atoms. The molecule has 0 amide bonds. The Labute approximate surface area is 75.9 Å². The molecule has 5 N–H and O–H groups in total. The molecule has 6 nitrogen and oxygen atoms in total. The minimum absolute atomic E-state index is 0.481. The molecule has 0 bridgehead atoms. The van der Waals surface area contributed by atoms with Gasteiger partial charge in [-0.15, -0.1) is 0 Å². The van der Waals surface area contributed by atoms with E-state index >= 15 is 0 Å². The van der Waals surface area contributed by atoms with Crippen molar-refractivity contribution in [2.24, 2.45) is 5.73 Å². The van der Waals surface area contributed by atoms with E-state index in [2.05, 4.69) is 0 Å². The van der Waals surface area contributed by atoms with Gasteiger partial charge in [0.2, 0.25) is 0 Å². The molecule has 78 valence electrons. The first kappa shape index (κ1) is 10.8. The smallest absolute Gasteiger partial charge is 0.175 e. The fourth-order valence-electron chi connectivity index (χ4n) is 1.34. The Morgan fingerprint density at radius 3 is 2.62 bits per heavy atom. The van der Waals surface area contributed by atoms with Gasteiger partial charge in [-0.1, -0.05) is 0 Å². The number of aliphatic hydroxyl groups is 3. The minimum atomic E-state index is -1.14. The number of aliphatic hydroxyl groups excluding tert-OH is 3. The Morgan fingerprint density at radius 2 is 2.23 bits per heavy atom. The summed E-state index contributed by atoms with van der Waals surface area (Å²) in [6.45, 7) is -0.481. The maximum atomic E-state index is 9.46. The highest BCUT2D eigenvalue weighted by molar-refractivity contribution is 4.92. The molecule has 0 aromatic rings. The van der Waals surface area contributed by atoms with Crippen LogP contribution in [0.4, 0.5) is 0 Å². The van der Waals surface area contributed by atoms with Gasteiger partial charge in [0.25, 0.3) is 0 Å². The van der Waals surface area contributed by atoms with Crippen molar-refractivity contribution in [1.29, 1.82) is 0 Å². The van der Waals surface area contributed by atoms with Crippen LogP contribution in [0.1, 0.15) is 0 Å². The molecule has 0 aliphatic carbocycles. The maximum absolute atomic E-state index is 9.46. The van der Waals surface area contributed by atoms with Crippen LogP contribution in [0.25, 0.3) is 0 Å². The summed E-state index contributed by atoms with van der Waals surface area (Å²) in [4.78, 5) is 0. The minimum Gasteiger partial charge on any atom is -0.394 e. The number of hydrogen-bond donors (Lipinski definition) is 4. The quantitative estimate of drug-likeness (QED) is 0.391. The predicted molar refractivity (Wildman–Crippen MR) is 42.7 cm³/mol. The summed E-state index contributed by atoms with van der Waals surface area (Å²) in [5.41, 5.74) is 5.52. The highest BCUT2D eigenvalue weighted by atomic mass is 16.7. The van der Waals surface area contributed by atoms with Gasteiger partial charge in [0.05, 0.1) is 12.6 Å². The fraction of sp³-hybridized carbons (Fsp3) is 1.00. The number of ether oxygens (including phenoxy) is 2. The molecule has 5 atom stereocenters. The molecule has 1 heterocycles. The largest absolute Gasteiger partial charge is 0.394 e. The standard InChI is InChI=1S/C7H15NO5/c1-12-7-4(8)5(11)6(13-7)3(10)2-9/h3-7,9-11H,2,8H2,1H3/t3-,4+,5-,6-,7-/m1/s1. The summed E-state index contributed by atoms with van der Waals surface area (Å²) in [5, 5.41) is 27.3. The summed E-state index contributed by atoms with van der Waals surface area (Å²) >= 11 is 0. The lowest BCUT2D eigenvalue weighted by Gasteiger charge is -2.18. The highest BCUT2D eigenvalue weighted by Gasteiger charge is 2.44. The van der Waals surface area contributed by atoms with E-state index in [1.165, 1.54) is 7.11 Å². The van der Waals surface area contributed by atoms with Crippen LogP contribution in [0.15, 0.2) is 0 Å². The van der Waals surface area contributed by atoms with Gasteiger partial charge >= 0.3 is 0 Å². The summed E-state index contributed by atoms with van der Waals surface area (Å²) in [7, 11) is 1.39. The van der Waals surface area contributed by atoms with Crippen molar-refractivity contribution < 1.29 is 24.8 Å². The third-order valence-corrected chi connectivity index (χ3v) is 2.14. The summed E-state index contributed by atoms with van der Waals surface area (Å²) in [5.74, 6) is 0. The zero-order valence-corrected chi connectivity index (χ0v) is 7.33. The zero-order valence-electron chi connectivity index (χ0n) is 7.33. The van der Waals surface area contributed by atoms with Gasteiger partial charge in [-0.2, -0.15) is 0 Å². The highest BCUT2D eigenvalue weighted by Crippen LogP contribution is 2.22. The molecule has 0 radical (unpaired) electrons. The average molecular weight is 193 g/mol. The average Bonchev–Trinajstić information content (AvgIpc) is 2.43. The van der Waals surface area contributed by atoms with E-state index in [0.717, 1.165) is 0 Å². The second kappa shape index (κ2) is 4.32. The Balaban J connectivity index is 2.60. The van der Waals surface area contributed by atoms with Crippen LogP contribution in [0.5, 0.6) is 0 Å². The van der Waals surface area contributed by atoms with Gasteiger partial charge in [-0.05, 0) is 0 Å². The Kier molecular flexibility index (Phi) is 3.60. The molecular formula is C7H15NO5. The topological polar surface area (TPSA) is 105 Å². The lowest BCUT2D eigenvalue weighted by atomic mass is 10.1. The lowest BCUT2D eigenvalue weighted by Crippen LogP contribution is -2.44. The second-order valence-electron chi connectivity index (χ2n) is 3.02. The molecule has 1 rings (SSSR count). The van der Waals surface area contributed by atoms with Gasteiger partial charge in [-0.3, -0.25) is 0 Å².